The highest BCUT2D eigenvalue weighted by Crippen LogP contribution is 2.21. The summed E-state index contributed by atoms with van der Waals surface area (Å²) in [5, 5.41) is 0. The largest absolute Gasteiger partial charge is 0.460 e. The van der Waals surface area contributed by atoms with Gasteiger partial charge in [-0.1, -0.05) is 26.7 Å². The molecule has 8 nitrogen and oxygen atoms in total. The van der Waals surface area contributed by atoms with Crippen molar-refractivity contribution in [3.05, 3.63) is 38.0 Å². The average Bonchev–Trinajstić information content (AvgIpc) is 2.70. The molecule has 0 fully saturated rings. The minimum Gasteiger partial charge on any atom is -0.460 e. The number of hydrogen-bond acceptors (Lipinski definition) is 8. The molecule has 27 heavy (non-hydrogen) atoms. The topological polar surface area (TPSA) is 97.4 Å². The number of rotatable bonds is 17. The predicted octanol–water partition coefficient (Wildman–Crippen LogP) is 2.09. The molecule has 0 aromatic carbocycles. The van der Waals surface area contributed by atoms with E-state index < -0.39 is 17.9 Å². The molecule has 0 N–H and O–H groups in total. The Kier molecular flexibility index (Phi) is 13.6. The van der Waals surface area contributed by atoms with Gasteiger partial charge >= 0.3 is 11.9 Å². The molecule has 0 spiro atoms. The van der Waals surface area contributed by atoms with Gasteiger partial charge in [0.05, 0.1) is 19.8 Å². The van der Waals surface area contributed by atoms with Gasteiger partial charge in [0.1, 0.15) is 13.2 Å². The molecule has 0 aliphatic heterocycles. The first-order valence-electron chi connectivity index (χ1n) is 8.58. The van der Waals surface area contributed by atoms with Crippen LogP contribution in [0.25, 0.3) is 0 Å². The minimum atomic E-state index is -1.42. The van der Waals surface area contributed by atoms with E-state index in [9.17, 15) is 14.4 Å². The zero-order valence-corrected chi connectivity index (χ0v) is 15.8. The molecule has 0 bridgehead atoms. The third kappa shape index (κ3) is 11.8. The van der Waals surface area contributed by atoms with Crippen molar-refractivity contribution >= 4 is 17.7 Å². The van der Waals surface area contributed by atoms with Crippen LogP contribution >= 0.6 is 0 Å². The van der Waals surface area contributed by atoms with Crippen LogP contribution in [0.2, 0.25) is 0 Å². The summed E-state index contributed by atoms with van der Waals surface area (Å²) in [5.74, 6) is -2.64. The van der Waals surface area contributed by atoms with Crippen molar-refractivity contribution in [3.8, 4) is 0 Å². The van der Waals surface area contributed by atoms with E-state index in [1.807, 2.05) is 0 Å². The molecular formula is C19H28O8. The molecule has 0 aromatic heterocycles. The van der Waals surface area contributed by atoms with Crippen molar-refractivity contribution in [2.45, 2.75) is 32.2 Å². The molecule has 0 amide bonds. The van der Waals surface area contributed by atoms with E-state index in [1.165, 1.54) is 6.08 Å². The molecule has 0 rings (SSSR count). The first-order valence-corrected chi connectivity index (χ1v) is 8.58. The van der Waals surface area contributed by atoms with Crippen LogP contribution in [0.15, 0.2) is 38.0 Å². The van der Waals surface area contributed by atoms with E-state index in [4.69, 9.17) is 23.7 Å². The van der Waals surface area contributed by atoms with Gasteiger partial charge < -0.3 is 23.7 Å². The third-order valence-electron chi connectivity index (χ3n) is 3.18. The lowest BCUT2D eigenvalue weighted by molar-refractivity contribution is -0.384. The summed E-state index contributed by atoms with van der Waals surface area (Å²) in [4.78, 5) is 33.4. The zero-order valence-electron chi connectivity index (χ0n) is 15.8. The van der Waals surface area contributed by atoms with Crippen molar-refractivity contribution in [1.29, 1.82) is 0 Å². The number of hydrogen-bond donors (Lipinski definition) is 0. The first-order chi connectivity index (χ1) is 12.9. The quantitative estimate of drug-likeness (QED) is 0.163. The third-order valence-corrected chi connectivity index (χ3v) is 3.18. The lowest BCUT2D eigenvalue weighted by atomic mass is 10.2. The molecule has 0 saturated carbocycles. The van der Waals surface area contributed by atoms with Crippen molar-refractivity contribution in [2.75, 3.05) is 33.0 Å². The minimum absolute atomic E-state index is 0.0142. The Hall–Kier alpha value is -2.29. The van der Waals surface area contributed by atoms with Crippen LogP contribution in [0.1, 0.15) is 26.2 Å². The second-order valence-electron chi connectivity index (χ2n) is 5.10. The summed E-state index contributed by atoms with van der Waals surface area (Å²) in [5.41, 5.74) is 0. The highest BCUT2D eigenvalue weighted by atomic mass is 16.9. The highest BCUT2D eigenvalue weighted by molar-refractivity contribution is 5.88. The van der Waals surface area contributed by atoms with Gasteiger partial charge in [-0.3, -0.25) is 4.79 Å². The maximum absolute atomic E-state index is 11.3. The second-order valence-corrected chi connectivity index (χ2v) is 5.10. The van der Waals surface area contributed by atoms with E-state index in [-0.39, 0.29) is 45.2 Å². The van der Waals surface area contributed by atoms with Gasteiger partial charge in [-0.2, -0.15) is 0 Å². The molecule has 0 unspecified atom stereocenters. The lowest BCUT2D eigenvalue weighted by Crippen LogP contribution is -2.41. The number of carbonyl (C=O) groups is 3. The molecule has 0 aliphatic carbocycles. The number of esters is 2. The molecule has 0 aromatic rings. The van der Waals surface area contributed by atoms with Crippen LogP contribution in [0.4, 0.5) is 0 Å². The second kappa shape index (κ2) is 14.8. The smallest absolute Gasteiger partial charge is 0.330 e. The molecule has 0 saturated heterocycles. The summed E-state index contributed by atoms with van der Waals surface area (Å²) in [7, 11) is 0. The van der Waals surface area contributed by atoms with Crippen LogP contribution in [-0.4, -0.2) is 56.7 Å². The van der Waals surface area contributed by atoms with Gasteiger partial charge in [0.15, 0.2) is 5.78 Å². The van der Waals surface area contributed by atoms with Crippen LogP contribution in [-0.2, 0) is 38.1 Å². The van der Waals surface area contributed by atoms with Gasteiger partial charge in [0.25, 0.3) is 5.97 Å². The Bertz CT molecular complexity index is 443. The summed E-state index contributed by atoms with van der Waals surface area (Å²) < 4.78 is 26.6. The van der Waals surface area contributed by atoms with Crippen molar-refractivity contribution in [1.82, 2.24) is 0 Å². The summed E-state index contributed by atoms with van der Waals surface area (Å²) in [6.45, 7) is 12.0. The highest BCUT2D eigenvalue weighted by Gasteiger charge is 2.31. The Morgan fingerprint density at radius 1 is 0.778 bits per heavy atom. The van der Waals surface area contributed by atoms with Crippen LogP contribution in [0, 0.1) is 0 Å². The number of carbonyl (C=O) groups excluding carboxylic acids is 3. The Morgan fingerprint density at radius 3 is 1.67 bits per heavy atom. The van der Waals surface area contributed by atoms with E-state index in [1.54, 1.807) is 6.92 Å². The Morgan fingerprint density at radius 2 is 1.26 bits per heavy atom. The molecule has 8 heteroatoms. The first kappa shape index (κ1) is 24.7. The summed E-state index contributed by atoms with van der Waals surface area (Å²) in [6.07, 6.45) is 4.40. The Labute approximate surface area is 159 Å². The molecule has 152 valence electrons. The average molecular weight is 384 g/mol. The monoisotopic (exact) mass is 384 g/mol. The van der Waals surface area contributed by atoms with Crippen LogP contribution in [0.5, 0.6) is 0 Å². The van der Waals surface area contributed by atoms with Crippen molar-refractivity contribution in [2.24, 2.45) is 0 Å². The summed E-state index contributed by atoms with van der Waals surface area (Å²) >= 11 is 0. The van der Waals surface area contributed by atoms with E-state index >= 15 is 0 Å². The molecular weight excluding hydrogens is 356 g/mol. The predicted molar refractivity (Wildman–Crippen MR) is 97.6 cm³/mol. The Balaban J connectivity index is 4.59. The molecule has 0 radical (unpaired) electrons. The molecule has 0 aliphatic rings. The fourth-order valence-corrected chi connectivity index (χ4v) is 1.80. The summed E-state index contributed by atoms with van der Waals surface area (Å²) in [6, 6.07) is 0. The van der Waals surface area contributed by atoms with Gasteiger partial charge in [0.2, 0.25) is 0 Å². The lowest BCUT2D eigenvalue weighted by Gasteiger charge is -2.32. The fourth-order valence-electron chi connectivity index (χ4n) is 1.80. The van der Waals surface area contributed by atoms with E-state index in [2.05, 4.69) is 19.7 Å². The molecule has 0 heterocycles. The van der Waals surface area contributed by atoms with Crippen LogP contribution < -0.4 is 0 Å². The van der Waals surface area contributed by atoms with Gasteiger partial charge in [0, 0.05) is 25.0 Å². The van der Waals surface area contributed by atoms with Gasteiger partial charge in [-0.05, 0) is 12.5 Å². The number of ketones is 1. The zero-order chi connectivity index (χ0) is 20.5. The van der Waals surface area contributed by atoms with Crippen molar-refractivity contribution < 1.29 is 38.1 Å². The maximum Gasteiger partial charge on any atom is 0.330 e. The molecule has 0 atom stereocenters. The standard InChI is InChI=1S/C19H28O8/c1-5-16(20)10-9-11-25-19(8-4,26-14-12-23-17(21)6-2)27-15-13-24-18(22)7-3/h5-7H,1-3,8-15H2,4H3. The maximum atomic E-state index is 11.3. The van der Waals surface area contributed by atoms with E-state index in [0.29, 0.717) is 12.8 Å². The van der Waals surface area contributed by atoms with Crippen molar-refractivity contribution in [3.63, 3.8) is 0 Å². The van der Waals surface area contributed by atoms with Crippen LogP contribution in [0.3, 0.4) is 0 Å². The number of ether oxygens (including phenoxy) is 5. The van der Waals surface area contributed by atoms with Gasteiger partial charge in [-0.15, -0.1) is 0 Å². The fraction of sp³-hybridized carbons (Fsp3) is 0.526. The normalized spacial score (nSPS) is 10.7. The SMILES string of the molecule is C=CC(=O)CCCOC(CC)(OCCOC(=O)C=C)OCCOC(=O)C=C. The van der Waals surface area contributed by atoms with Gasteiger partial charge in [-0.25, -0.2) is 9.59 Å². The van der Waals surface area contributed by atoms with E-state index in [0.717, 1.165) is 12.2 Å². The number of allylic oxidation sites excluding steroid dienone is 1.